The molecule has 0 aliphatic heterocycles. The molecule has 0 aromatic rings. The Hall–Kier alpha value is -0.320. The fourth-order valence-corrected chi connectivity index (χ4v) is 2.17. The van der Waals surface area contributed by atoms with Gasteiger partial charge in [0.25, 0.3) is 0 Å². The molecule has 0 N–H and O–H groups in total. The summed E-state index contributed by atoms with van der Waals surface area (Å²) >= 11 is 0. The average Bonchev–Trinajstić information content (AvgIpc) is 2.63. The first-order chi connectivity index (χ1) is 14.6. The third-order valence-corrected chi connectivity index (χ3v) is 3.93. The van der Waals surface area contributed by atoms with Gasteiger partial charge in [0.05, 0.1) is 48.8 Å². The summed E-state index contributed by atoms with van der Waals surface area (Å²) in [5.74, 6) is 0. The lowest BCUT2D eigenvalue weighted by atomic mass is 9.94. The van der Waals surface area contributed by atoms with Crippen molar-refractivity contribution in [1.29, 1.82) is 0 Å². The van der Waals surface area contributed by atoms with Gasteiger partial charge in [0.1, 0.15) is 0 Å². The Morgan fingerprint density at radius 3 is 0.875 bits per heavy atom. The van der Waals surface area contributed by atoms with E-state index in [0.717, 1.165) is 38.5 Å². The van der Waals surface area contributed by atoms with Crippen molar-refractivity contribution in [2.75, 3.05) is 26.4 Å². The van der Waals surface area contributed by atoms with Gasteiger partial charge in [-0.25, -0.2) is 39.1 Å². The second-order valence-corrected chi connectivity index (χ2v) is 11.3. The summed E-state index contributed by atoms with van der Waals surface area (Å²) in [7, 11) is 0. The normalized spacial score (nSPS) is 13.7. The zero-order valence-corrected chi connectivity index (χ0v) is 22.3. The first kappa shape index (κ1) is 31.7. The van der Waals surface area contributed by atoms with Crippen LogP contribution in [0.1, 0.15) is 108 Å². The molecule has 0 fully saturated rings. The van der Waals surface area contributed by atoms with E-state index in [2.05, 4.69) is 0 Å². The van der Waals surface area contributed by atoms with Crippen LogP contribution in [0.25, 0.3) is 0 Å². The van der Waals surface area contributed by atoms with E-state index in [4.69, 9.17) is 39.1 Å². The van der Waals surface area contributed by atoms with Gasteiger partial charge in [0.2, 0.25) is 0 Å². The molecule has 194 valence electrons. The van der Waals surface area contributed by atoms with E-state index in [-0.39, 0.29) is 11.2 Å². The van der Waals surface area contributed by atoms with Crippen LogP contribution >= 0.6 is 0 Å². The summed E-state index contributed by atoms with van der Waals surface area (Å²) in [5.41, 5.74) is -1.42. The highest BCUT2D eigenvalue weighted by molar-refractivity contribution is 4.75. The smallest absolute Gasteiger partial charge is 0.0981 e. The quantitative estimate of drug-likeness (QED) is 0.125. The predicted molar refractivity (Wildman–Crippen MR) is 124 cm³/mol. The van der Waals surface area contributed by atoms with Gasteiger partial charge in [-0.2, -0.15) is 0 Å². The van der Waals surface area contributed by atoms with Gasteiger partial charge < -0.3 is 0 Å². The molecule has 32 heavy (non-hydrogen) atoms. The summed E-state index contributed by atoms with van der Waals surface area (Å²) in [6.07, 6.45) is 4.88. The molecule has 8 nitrogen and oxygen atoms in total. The molecule has 0 bridgehead atoms. The Morgan fingerprint density at radius 2 is 0.625 bits per heavy atom. The van der Waals surface area contributed by atoms with E-state index in [1.165, 1.54) is 0 Å². The van der Waals surface area contributed by atoms with Crippen LogP contribution < -0.4 is 0 Å². The number of rotatable bonds is 19. The number of hydrogen-bond acceptors (Lipinski definition) is 8. The van der Waals surface area contributed by atoms with Crippen LogP contribution in [0.2, 0.25) is 0 Å². The van der Waals surface area contributed by atoms with Crippen LogP contribution in [0.4, 0.5) is 0 Å². The molecule has 0 saturated heterocycles. The van der Waals surface area contributed by atoms with Crippen molar-refractivity contribution in [3.63, 3.8) is 0 Å². The summed E-state index contributed by atoms with van der Waals surface area (Å²) < 4.78 is 0. The fraction of sp³-hybridized carbons (Fsp3) is 1.00. The van der Waals surface area contributed by atoms with E-state index < -0.39 is 11.2 Å². The Bertz CT molecular complexity index is 410. The molecule has 0 aromatic carbocycles. The van der Waals surface area contributed by atoms with Gasteiger partial charge in [0.15, 0.2) is 0 Å². The monoisotopic (exact) mass is 466 g/mol. The lowest BCUT2D eigenvalue weighted by Gasteiger charge is -2.29. The molecular weight excluding hydrogens is 416 g/mol. The molecule has 0 amide bonds. The van der Waals surface area contributed by atoms with E-state index in [9.17, 15) is 0 Å². The minimum atomic E-state index is -0.420. The Balaban J connectivity index is 3.75. The minimum Gasteiger partial charge on any atom is -0.236 e. The second kappa shape index (κ2) is 15.6. The van der Waals surface area contributed by atoms with Gasteiger partial charge in [-0.3, -0.25) is 0 Å². The fourth-order valence-electron chi connectivity index (χ4n) is 2.17. The van der Waals surface area contributed by atoms with Crippen molar-refractivity contribution < 1.29 is 39.1 Å². The molecule has 0 unspecified atom stereocenters. The SMILES string of the molecule is CC(C)(C)OOCCCCOOC(C)(C)CCC(C)(C)OOCCCCOOC(C)(C)C. The van der Waals surface area contributed by atoms with Crippen molar-refractivity contribution in [2.45, 2.75) is 130 Å². The first-order valence-electron chi connectivity index (χ1n) is 11.8. The maximum absolute atomic E-state index is 5.60. The third-order valence-electron chi connectivity index (χ3n) is 3.93. The highest BCUT2D eigenvalue weighted by Crippen LogP contribution is 2.25. The van der Waals surface area contributed by atoms with Crippen molar-refractivity contribution in [3.05, 3.63) is 0 Å². The lowest BCUT2D eigenvalue weighted by molar-refractivity contribution is -0.371. The second-order valence-electron chi connectivity index (χ2n) is 11.3. The Labute approximate surface area is 196 Å². The summed E-state index contributed by atoms with van der Waals surface area (Å²) in [4.78, 5) is 42.7. The largest absolute Gasteiger partial charge is 0.236 e. The van der Waals surface area contributed by atoms with Crippen LogP contribution in [-0.2, 0) is 39.1 Å². The van der Waals surface area contributed by atoms with Gasteiger partial charge in [-0.1, -0.05) is 0 Å². The molecule has 0 heterocycles. The number of hydrogen-bond donors (Lipinski definition) is 0. The van der Waals surface area contributed by atoms with Gasteiger partial charge >= 0.3 is 0 Å². The van der Waals surface area contributed by atoms with E-state index in [1.807, 2.05) is 69.2 Å². The molecule has 0 atom stereocenters. The summed E-state index contributed by atoms with van der Waals surface area (Å²) in [6, 6.07) is 0. The number of unbranched alkanes of at least 4 members (excludes halogenated alkanes) is 2. The minimum absolute atomic E-state index is 0.289. The molecule has 0 rings (SSSR count). The summed E-state index contributed by atoms with van der Waals surface area (Å²) in [5, 5.41) is 0. The van der Waals surface area contributed by atoms with Crippen molar-refractivity contribution in [2.24, 2.45) is 0 Å². The Kier molecular flexibility index (Phi) is 15.4. The molecule has 0 radical (unpaired) electrons. The summed E-state index contributed by atoms with van der Waals surface area (Å²) in [6.45, 7) is 21.8. The average molecular weight is 467 g/mol. The van der Waals surface area contributed by atoms with E-state index in [0.29, 0.717) is 26.4 Å². The molecule has 0 aliphatic carbocycles. The van der Waals surface area contributed by atoms with E-state index >= 15 is 0 Å². The zero-order chi connectivity index (χ0) is 24.7. The van der Waals surface area contributed by atoms with Crippen molar-refractivity contribution >= 4 is 0 Å². The van der Waals surface area contributed by atoms with E-state index in [1.54, 1.807) is 0 Å². The van der Waals surface area contributed by atoms with Crippen molar-refractivity contribution in [3.8, 4) is 0 Å². The van der Waals surface area contributed by atoms with Gasteiger partial charge in [-0.05, 0) is 108 Å². The molecule has 0 aliphatic rings. The lowest BCUT2D eigenvalue weighted by Crippen LogP contribution is -2.32. The Morgan fingerprint density at radius 1 is 0.375 bits per heavy atom. The van der Waals surface area contributed by atoms with Crippen LogP contribution in [0.5, 0.6) is 0 Å². The standard InChI is InChI=1S/C24H50O8/c1-21(2,3)29-25-17-11-13-19-27-31-23(7,8)15-16-24(9,10)32-28-20-14-12-18-26-30-22(4,5)6/h11-20H2,1-10H3. The molecule has 0 aromatic heterocycles. The maximum atomic E-state index is 5.60. The maximum Gasteiger partial charge on any atom is 0.0981 e. The molecule has 8 heteroatoms. The zero-order valence-electron chi connectivity index (χ0n) is 22.3. The highest BCUT2D eigenvalue weighted by Gasteiger charge is 2.27. The highest BCUT2D eigenvalue weighted by atomic mass is 17.2. The first-order valence-corrected chi connectivity index (χ1v) is 11.8. The van der Waals surface area contributed by atoms with Crippen LogP contribution in [-0.4, -0.2) is 48.8 Å². The van der Waals surface area contributed by atoms with Crippen molar-refractivity contribution in [1.82, 2.24) is 0 Å². The molecular formula is C24H50O8. The van der Waals surface area contributed by atoms with Crippen LogP contribution in [0.3, 0.4) is 0 Å². The topological polar surface area (TPSA) is 73.8 Å². The molecule has 0 spiro atoms. The van der Waals surface area contributed by atoms with Crippen LogP contribution in [0.15, 0.2) is 0 Å². The predicted octanol–water partition coefficient (Wildman–Crippen LogP) is 6.27. The van der Waals surface area contributed by atoms with Gasteiger partial charge in [0, 0.05) is 0 Å². The molecule has 0 saturated carbocycles. The third kappa shape index (κ3) is 22.9. The van der Waals surface area contributed by atoms with Crippen LogP contribution in [0, 0.1) is 0 Å². The van der Waals surface area contributed by atoms with Gasteiger partial charge in [-0.15, -0.1) is 0 Å².